The quantitative estimate of drug-likeness (QED) is 0.715. The molecule has 8 heteroatoms. The molecule has 2 aromatic carbocycles. The third kappa shape index (κ3) is 6.29. The Hall–Kier alpha value is -3.42. The van der Waals surface area contributed by atoms with Crippen LogP contribution in [0.15, 0.2) is 48.5 Å². The number of hydrogen-bond acceptors (Lipinski definition) is 4. The first-order chi connectivity index (χ1) is 15.5. The molecule has 0 atom stereocenters. The zero-order chi connectivity index (χ0) is 22.9. The van der Waals surface area contributed by atoms with Crippen molar-refractivity contribution in [3.8, 4) is 5.75 Å². The number of benzene rings is 2. The molecule has 3 amide bonds. The molecule has 1 aliphatic rings. The number of carbonyl (C=O) groups is 3. The van der Waals surface area contributed by atoms with E-state index in [1.54, 1.807) is 23.0 Å². The first-order valence-corrected chi connectivity index (χ1v) is 10.7. The fourth-order valence-electron chi connectivity index (χ4n) is 3.63. The second kappa shape index (κ2) is 11.3. The number of aryl methyl sites for hydroxylation is 1. The maximum Gasteiger partial charge on any atom is 0.254 e. The van der Waals surface area contributed by atoms with Crippen LogP contribution in [-0.2, 0) is 16.0 Å². The molecule has 3 rings (SSSR count). The molecule has 32 heavy (non-hydrogen) atoms. The third-order valence-corrected chi connectivity index (χ3v) is 5.51. The van der Waals surface area contributed by atoms with Gasteiger partial charge < -0.3 is 19.9 Å². The molecular weight excluding hydrogens is 413 g/mol. The smallest absolute Gasteiger partial charge is 0.254 e. The van der Waals surface area contributed by atoms with E-state index in [9.17, 15) is 18.8 Å². The van der Waals surface area contributed by atoms with Gasteiger partial charge in [-0.2, -0.15) is 0 Å². The predicted molar refractivity (Wildman–Crippen MR) is 118 cm³/mol. The van der Waals surface area contributed by atoms with E-state index in [-0.39, 0.29) is 23.9 Å². The summed E-state index contributed by atoms with van der Waals surface area (Å²) in [5.74, 6) is -0.662. The van der Waals surface area contributed by atoms with Gasteiger partial charge in [0.1, 0.15) is 11.6 Å². The van der Waals surface area contributed by atoms with E-state index in [2.05, 4.69) is 5.32 Å². The van der Waals surface area contributed by atoms with E-state index in [1.165, 1.54) is 18.2 Å². The van der Waals surface area contributed by atoms with Crippen molar-refractivity contribution in [1.29, 1.82) is 0 Å². The van der Waals surface area contributed by atoms with E-state index in [0.29, 0.717) is 45.4 Å². The van der Waals surface area contributed by atoms with E-state index in [0.717, 1.165) is 11.3 Å². The first-order valence-electron chi connectivity index (χ1n) is 10.7. The number of nitrogens with zero attached hydrogens (tertiary/aromatic N) is 2. The number of hydrogen-bond donors (Lipinski definition) is 1. The van der Waals surface area contributed by atoms with Crippen LogP contribution in [0.1, 0.15) is 28.8 Å². The summed E-state index contributed by atoms with van der Waals surface area (Å²) < 4.78 is 18.8. The molecule has 2 aromatic rings. The predicted octanol–water partition coefficient (Wildman–Crippen LogP) is 2.26. The number of nitrogens with one attached hydrogen (secondary N) is 1. The van der Waals surface area contributed by atoms with Gasteiger partial charge in [-0.05, 0) is 42.7 Å². The summed E-state index contributed by atoms with van der Waals surface area (Å²) in [5, 5.41) is 2.48. The van der Waals surface area contributed by atoms with Gasteiger partial charge in [0.05, 0.1) is 19.2 Å². The van der Waals surface area contributed by atoms with Crippen molar-refractivity contribution < 1.29 is 23.5 Å². The van der Waals surface area contributed by atoms with Crippen LogP contribution in [0.4, 0.5) is 4.39 Å². The molecule has 0 spiro atoms. The highest BCUT2D eigenvalue weighted by atomic mass is 19.1. The minimum atomic E-state index is -0.629. The van der Waals surface area contributed by atoms with Gasteiger partial charge in [0, 0.05) is 32.6 Å². The third-order valence-electron chi connectivity index (χ3n) is 5.51. The molecule has 0 unspecified atom stereocenters. The van der Waals surface area contributed by atoms with E-state index >= 15 is 0 Å². The van der Waals surface area contributed by atoms with Crippen LogP contribution in [0.3, 0.4) is 0 Å². The molecular formula is C24H28FN3O4. The number of amides is 3. The lowest BCUT2D eigenvalue weighted by atomic mass is 10.1. The van der Waals surface area contributed by atoms with Gasteiger partial charge >= 0.3 is 0 Å². The summed E-state index contributed by atoms with van der Waals surface area (Å²) in [7, 11) is 1.61. The van der Waals surface area contributed by atoms with E-state index in [4.69, 9.17) is 4.74 Å². The Morgan fingerprint density at radius 3 is 2.25 bits per heavy atom. The standard InChI is InChI=1S/C24H28FN3O4/c1-32-19-10-7-18(8-11-19)9-12-22(29)27-13-4-14-28(16-15-27)23(30)17-26-24(31)20-5-2-3-6-21(20)25/h2-3,5-8,10-11H,4,9,12-17H2,1H3,(H,26,31). The van der Waals surface area contributed by atoms with Crippen LogP contribution < -0.4 is 10.1 Å². The van der Waals surface area contributed by atoms with Crippen molar-refractivity contribution in [2.24, 2.45) is 0 Å². The van der Waals surface area contributed by atoms with Gasteiger partial charge in [0.2, 0.25) is 11.8 Å². The zero-order valence-electron chi connectivity index (χ0n) is 18.2. The molecule has 0 aliphatic carbocycles. The maximum atomic E-state index is 13.7. The lowest BCUT2D eigenvalue weighted by molar-refractivity contribution is -0.133. The summed E-state index contributed by atoms with van der Waals surface area (Å²) in [6.45, 7) is 1.75. The number of rotatable bonds is 7. The summed E-state index contributed by atoms with van der Waals surface area (Å²) >= 11 is 0. The average molecular weight is 442 g/mol. The molecule has 1 aliphatic heterocycles. The topological polar surface area (TPSA) is 79.0 Å². The molecule has 1 heterocycles. The second-order valence-corrected chi connectivity index (χ2v) is 7.63. The van der Waals surface area contributed by atoms with Crippen molar-refractivity contribution in [3.63, 3.8) is 0 Å². The Labute approximate surface area is 187 Å². The van der Waals surface area contributed by atoms with Gasteiger partial charge in [-0.15, -0.1) is 0 Å². The highest BCUT2D eigenvalue weighted by molar-refractivity contribution is 5.96. The highest BCUT2D eigenvalue weighted by Gasteiger charge is 2.22. The van der Waals surface area contributed by atoms with Crippen molar-refractivity contribution in [1.82, 2.24) is 15.1 Å². The van der Waals surface area contributed by atoms with Crippen molar-refractivity contribution in [2.45, 2.75) is 19.3 Å². The Bertz CT molecular complexity index is 949. The summed E-state index contributed by atoms with van der Waals surface area (Å²) in [6.07, 6.45) is 1.71. The highest BCUT2D eigenvalue weighted by Crippen LogP contribution is 2.14. The van der Waals surface area contributed by atoms with Crippen LogP contribution in [-0.4, -0.2) is 67.4 Å². The molecule has 7 nitrogen and oxygen atoms in total. The van der Waals surface area contributed by atoms with Crippen molar-refractivity contribution in [3.05, 3.63) is 65.5 Å². The van der Waals surface area contributed by atoms with Gasteiger partial charge in [-0.1, -0.05) is 24.3 Å². The van der Waals surface area contributed by atoms with Gasteiger partial charge in [0.25, 0.3) is 5.91 Å². The van der Waals surface area contributed by atoms with Crippen molar-refractivity contribution in [2.75, 3.05) is 39.8 Å². The van der Waals surface area contributed by atoms with Gasteiger partial charge in [0.15, 0.2) is 0 Å². The lowest BCUT2D eigenvalue weighted by Crippen LogP contribution is -2.42. The molecule has 0 radical (unpaired) electrons. The van der Waals surface area contributed by atoms with Gasteiger partial charge in [-0.25, -0.2) is 4.39 Å². The molecule has 1 N–H and O–H groups in total. The number of methoxy groups -OCH3 is 1. The van der Waals surface area contributed by atoms with Crippen LogP contribution >= 0.6 is 0 Å². The number of carbonyl (C=O) groups excluding carboxylic acids is 3. The maximum absolute atomic E-state index is 13.7. The Morgan fingerprint density at radius 2 is 1.59 bits per heavy atom. The van der Waals surface area contributed by atoms with Crippen LogP contribution in [0.2, 0.25) is 0 Å². The fraction of sp³-hybridized carbons (Fsp3) is 0.375. The normalized spacial score (nSPS) is 13.9. The summed E-state index contributed by atoms with van der Waals surface area (Å²) in [5.41, 5.74) is 0.973. The molecule has 1 fully saturated rings. The summed E-state index contributed by atoms with van der Waals surface area (Å²) in [6, 6.07) is 13.3. The Balaban J connectivity index is 1.44. The monoisotopic (exact) mass is 441 g/mol. The minimum absolute atomic E-state index is 0.0583. The van der Waals surface area contributed by atoms with E-state index in [1.807, 2.05) is 24.3 Å². The molecule has 0 bridgehead atoms. The SMILES string of the molecule is COc1ccc(CCC(=O)N2CCCN(C(=O)CNC(=O)c3ccccc3F)CC2)cc1. The van der Waals surface area contributed by atoms with Gasteiger partial charge in [-0.3, -0.25) is 14.4 Å². The molecule has 1 saturated heterocycles. The van der Waals surface area contributed by atoms with Crippen LogP contribution in [0.25, 0.3) is 0 Å². The largest absolute Gasteiger partial charge is 0.497 e. The Morgan fingerprint density at radius 1 is 0.938 bits per heavy atom. The lowest BCUT2D eigenvalue weighted by Gasteiger charge is -2.22. The second-order valence-electron chi connectivity index (χ2n) is 7.63. The zero-order valence-corrected chi connectivity index (χ0v) is 18.2. The molecule has 0 saturated carbocycles. The minimum Gasteiger partial charge on any atom is -0.497 e. The van der Waals surface area contributed by atoms with E-state index < -0.39 is 11.7 Å². The number of ether oxygens (including phenoxy) is 1. The van der Waals surface area contributed by atoms with Crippen molar-refractivity contribution >= 4 is 17.7 Å². The fourth-order valence-corrected chi connectivity index (χ4v) is 3.63. The summed E-state index contributed by atoms with van der Waals surface area (Å²) in [4.78, 5) is 40.7. The molecule has 170 valence electrons. The number of halogens is 1. The van der Waals surface area contributed by atoms with Crippen LogP contribution in [0, 0.1) is 5.82 Å². The Kier molecular flexibility index (Phi) is 8.19. The molecule has 0 aromatic heterocycles. The average Bonchev–Trinajstić information content (AvgIpc) is 3.08. The van der Waals surface area contributed by atoms with Crippen LogP contribution in [0.5, 0.6) is 5.75 Å². The first kappa shape index (κ1) is 23.2.